The SMILES string of the molecule is [C-]#[N+]c1ccc(-c2nc(C(=O)N3CC[C@H](N)C3)c(C)n2-c2ccc3c(cnn3C)c2)cc1F. The lowest BCUT2D eigenvalue weighted by Crippen LogP contribution is -2.32. The Balaban J connectivity index is 1.70. The molecule has 0 saturated carbocycles. The number of hydrogen-bond donors (Lipinski definition) is 1. The van der Waals surface area contributed by atoms with Gasteiger partial charge in [0.15, 0.2) is 0 Å². The number of fused-ring (bicyclic) bond motifs is 1. The molecule has 0 unspecified atom stereocenters. The number of imidazole rings is 1. The summed E-state index contributed by atoms with van der Waals surface area (Å²) in [6.45, 7) is 10.0. The van der Waals surface area contributed by atoms with Crippen LogP contribution < -0.4 is 5.73 Å². The molecule has 1 aliphatic heterocycles. The number of halogens is 1. The van der Waals surface area contributed by atoms with Gasteiger partial charge in [0.05, 0.1) is 24.0 Å². The largest absolute Gasteiger partial charge is 0.336 e. The van der Waals surface area contributed by atoms with E-state index in [1.807, 2.05) is 36.7 Å². The Morgan fingerprint density at radius 2 is 2.09 bits per heavy atom. The third-order valence-electron chi connectivity index (χ3n) is 6.14. The molecule has 0 radical (unpaired) electrons. The number of aromatic nitrogens is 4. The fourth-order valence-corrected chi connectivity index (χ4v) is 4.36. The molecule has 1 aliphatic rings. The predicted molar refractivity (Wildman–Crippen MR) is 123 cm³/mol. The maximum absolute atomic E-state index is 14.5. The van der Waals surface area contributed by atoms with Crippen molar-refractivity contribution in [3.8, 4) is 17.1 Å². The fourth-order valence-electron chi connectivity index (χ4n) is 4.36. The highest BCUT2D eigenvalue weighted by Gasteiger charge is 2.30. The van der Waals surface area contributed by atoms with Crippen LogP contribution in [-0.4, -0.2) is 49.3 Å². The van der Waals surface area contributed by atoms with Gasteiger partial charge in [0, 0.05) is 42.8 Å². The minimum atomic E-state index is -0.629. The molecule has 2 aromatic carbocycles. The summed E-state index contributed by atoms with van der Waals surface area (Å²) >= 11 is 0. The Hall–Kier alpha value is -4.03. The molecule has 1 atom stereocenters. The Morgan fingerprint density at radius 3 is 2.79 bits per heavy atom. The Labute approximate surface area is 189 Å². The summed E-state index contributed by atoms with van der Waals surface area (Å²) in [5.41, 5.74) is 9.12. The van der Waals surface area contributed by atoms with E-state index < -0.39 is 5.82 Å². The molecule has 4 aromatic rings. The third-order valence-corrected chi connectivity index (χ3v) is 6.14. The van der Waals surface area contributed by atoms with Crippen molar-refractivity contribution in [1.29, 1.82) is 0 Å². The van der Waals surface area contributed by atoms with E-state index in [1.54, 1.807) is 21.8 Å². The van der Waals surface area contributed by atoms with Gasteiger partial charge in [0.25, 0.3) is 5.91 Å². The lowest BCUT2D eigenvalue weighted by molar-refractivity contribution is 0.0785. The lowest BCUT2D eigenvalue weighted by Gasteiger charge is -2.15. The van der Waals surface area contributed by atoms with Crippen molar-refractivity contribution in [1.82, 2.24) is 24.2 Å². The Bertz CT molecular complexity index is 1450. The molecule has 2 aromatic heterocycles. The smallest absolute Gasteiger partial charge is 0.274 e. The standard InChI is InChI=1S/C24H22FN7O/c1-14-22(24(33)31-9-8-17(26)13-31)29-23(15-4-6-20(27-2)19(25)11-15)32(14)18-5-7-21-16(10-18)12-28-30(21)3/h4-7,10-12,17H,8-9,13,26H2,1,3H3/t17-/m0/s1. The van der Waals surface area contributed by atoms with Crippen molar-refractivity contribution < 1.29 is 9.18 Å². The van der Waals surface area contributed by atoms with Gasteiger partial charge in [-0.25, -0.2) is 14.2 Å². The van der Waals surface area contributed by atoms with Crippen LogP contribution in [0.2, 0.25) is 0 Å². The van der Waals surface area contributed by atoms with Gasteiger partial charge < -0.3 is 10.6 Å². The maximum atomic E-state index is 14.5. The predicted octanol–water partition coefficient (Wildman–Crippen LogP) is 3.60. The molecule has 8 nitrogen and oxygen atoms in total. The molecule has 2 N–H and O–H groups in total. The van der Waals surface area contributed by atoms with Gasteiger partial charge in [0.1, 0.15) is 17.3 Å². The highest BCUT2D eigenvalue weighted by Crippen LogP contribution is 2.31. The molecular weight excluding hydrogens is 421 g/mol. The number of benzene rings is 2. The van der Waals surface area contributed by atoms with Crippen LogP contribution in [0.4, 0.5) is 10.1 Å². The zero-order chi connectivity index (χ0) is 23.3. The van der Waals surface area contributed by atoms with Crippen molar-refractivity contribution in [3.05, 3.63) is 71.2 Å². The molecule has 166 valence electrons. The summed E-state index contributed by atoms with van der Waals surface area (Å²) in [6.07, 6.45) is 2.52. The van der Waals surface area contributed by atoms with E-state index in [4.69, 9.17) is 12.3 Å². The number of nitrogens with zero attached hydrogens (tertiary/aromatic N) is 6. The van der Waals surface area contributed by atoms with E-state index in [9.17, 15) is 9.18 Å². The van der Waals surface area contributed by atoms with Crippen molar-refractivity contribution in [2.75, 3.05) is 13.1 Å². The second kappa shape index (κ2) is 7.83. The van der Waals surface area contributed by atoms with Crippen molar-refractivity contribution in [3.63, 3.8) is 0 Å². The molecule has 9 heteroatoms. The van der Waals surface area contributed by atoms with E-state index >= 15 is 0 Å². The van der Waals surface area contributed by atoms with Gasteiger partial charge >= 0.3 is 0 Å². The van der Waals surface area contributed by atoms with Crippen LogP contribution in [0.15, 0.2) is 42.6 Å². The zero-order valence-electron chi connectivity index (χ0n) is 18.3. The topological polar surface area (TPSA) is 86.3 Å². The number of nitrogens with two attached hydrogens (primary N) is 1. The van der Waals surface area contributed by atoms with Gasteiger partial charge in [-0.1, -0.05) is 12.1 Å². The van der Waals surface area contributed by atoms with E-state index in [0.29, 0.717) is 35.9 Å². The van der Waals surface area contributed by atoms with Crippen molar-refractivity contribution in [2.24, 2.45) is 12.8 Å². The van der Waals surface area contributed by atoms with Crippen molar-refractivity contribution in [2.45, 2.75) is 19.4 Å². The summed E-state index contributed by atoms with van der Waals surface area (Å²) in [7, 11) is 1.87. The summed E-state index contributed by atoms with van der Waals surface area (Å²) in [6, 6.07) is 10.2. The van der Waals surface area contributed by atoms with Gasteiger partial charge in [-0.15, -0.1) is 0 Å². The van der Waals surface area contributed by atoms with Crippen LogP contribution in [-0.2, 0) is 7.05 Å². The molecule has 1 fully saturated rings. The number of aryl methyl sites for hydroxylation is 1. The summed E-state index contributed by atoms with van der Waals surface area (Å²) in [4.78, 5) is 22.9. The number of carbonyl (C=O) groups excluding carboxylic acids is 1. The number of hydrogen-bond acceptors (Lipinski definition) is 4. The molecule has 1 saturated heterocycles. The average Bonchev–Trinajstić information content (AvgIpc) is 3.50. The first-order valence-corrected chi connectivity index (χ1v) is 10.6. The monoisotopic (exact) mass is 443 g/mol. The third kappa shape index (κ3) is 3.45. The molecule has 0 bridgehead atoms. The minimum absolute atomic E-state index is 0.0425. The van der Waals surface area contributed by atoms with Gasteiger partial charge in [-0.2, -0.15) is 5.10 Å². The number of carbonyl (C=O) groups is 1. The summed E-state index contributed by atoms with van der Waals surface area (Å²) < 4.78 is 18.1. The van der Waals surface area contributed by atoms with E-state index in [2.05, 4.69) is 14.9 Å². The van der Waals surface area contributed by atoms with E-state index in [0.717, 1.165) is 23.0 Å². The molecular formula is C24H22FN7O. The quantitative estimate of drug-likeness (QED) is 0.490. The highest BCUT2D eigenvalue weighted by molar-refractivity contribution is 5.95. The van der Waals surface area contributed by atoms with Crippen LogP contribution in [0, 0.1) is 19.3 Å². The normalized spacial score (nSPS) is 15.8. The first kappa shape index (κ1) is 20.8. The number of likely N-dealkylation sites (tertiary alicyclic amines) is 1. The highest BCUT2D eigenvalue weighted by atomic mass is 19.1. The molecule has 0 aliphatic carbocycles. The minimum Gasteiger partial charge on any atom is -0.336 e. The van der Waals surface area contributed by atoms with Crippen LogP contribution >= 0.6 is 0 Å². The first-order valence-electron chi connectivity index (χ1n) is 10.6. The maximum Gasteiger partial charge on any atom is 0.274 e. The lowest BCUT2D eigenvalue weighted by atomic mass is 10.1. The Morgan fingerprint density at radius 1 is 1.27 bits per heavy atom. The van der Waals surface area contributed by atoms with Gasteiger partial charge in [0.2, 0.25) is 5.69 Å². The number of rotatable bonds is 3. The van der Waals surface area contributed by atoms with Gasteiger partial charge in [-0.3, -0.25) is 14.0 Å². The van der Waals surface area contributed by atoms with Crippen LogP contribution in [0.25, 0.3) is 32.8 Å². The number of amides is 1. The first-order chi connectivity index (χ1) is 15.9. The second-order valence-corrected chi connectivity index (χ2v) is 8.29. The molecule has 0 spiro atoms. The summed E-state index contributed by atoms with van der Waals surface area (Å²) in [5.74, 6) is -0.394. The fraction of sp³-hybridized carbons (Fsp3) is 0.250. The summed E-state index contributed by atoms with van der Waals surface area (Å²) in [5, 5.41) is 5.23. The molecule has 33 heavy (non-hydrogen) atoms. The van der Waals surface area contributed by atoms with Gasteiger partial charge in [-0.05, 0) is 37.6 Å². The molecule has 5 rings (SSSR count). The van der Waals surface area contributed by atoms with Crippen molar-refractivity contribution >= 4 is 22.5 Å². The van der Waals surface area contributed by atoms with Crippen LogP contribution in [0.1, 0.15) is 22.6 Å². The second-order valence-electron chi connectivity index (χ2n) is 8.29. The Kier molecular flexibility index (Phi) is 4.95. The van der Waals surface area contributed by atoms with E-state index in [-0.39, 0.29) is 17.6 Å². The van der Waals surface area contributed by atoms with E-state index in [1.165, 1.54) is 12.1 Å². The zero-order valence-corrected chi connectivity index (χ0v) is 18.3. The van der Waals surface area contributed by atoms with Crippen LogP contribution in [0.5, 0.6) is 0 Å². The molecule has 1 amide bonds. The van der Waals surface area contributed by atoms with Crippen LogP contribution in [0.3, 0.4) is 0 Å². The molecule has 3 heterocycles. The average molecular weight is 443 g/mol.